The SMILES string of the molecule is NC(=O)c1ccc(Cl)c(NC(=O)COCCOc2ccccc2)c1. The first-order valence-corrected chi connectivity index (χ1v) is 7.59. The van der Waals surface area contributed by atoms with Crippen molar-refractivity contribution in [2.24, 2.45) is 5.73 Å². The zero-order valence-corrected chi connectivity index (χ0v) is 13.6. The maximum Gasteiger partial charge on any atom is 0.250 e. The van der Waals surface area contributed by atoms with Crippen LogP contribution in [0.15, 0.2) is 48.5 Å². The predicted octanol–water partition coefficient (Wildman–Crippen LogP) is 2.47. The zero-order valence-electron chi connectivity index (χ0n) is 12.8. The van der Waals surface area contributed by atoms with Gasteiger partial charge in [0.1, 0.15) is 19.0 Å². The highest BCUT2D eigenvalue weighted by Crippen LogP contribution is 2.22. The number of benzene rings is 2. The first-order chi connectivity index (χ1) is 11.6. The highest BCUT2D eigenvalue weighted by Gasteiger charge is 2.09. The van der Waals surface area contributed by atoms with Gasteiger partial charge in [0.05, 0.1) is 17.3 Å². The van der Waals surface area contributed by atoms with Crippen LogP contribution in [0.25, 0.3) is 0 Å². The van der Waals surface area contributed by atoms with Crippen molar-refractivity contribution in [2.75, 3.05) is 25.1 Å². The molecule has 0 radical (unpaired) electrons. The third-order valence-electron chi connectivity index (χ3n) is 3.00. The van der Waals surface area contributed by atoms with Crippen LogP contribution in [0.3, 0.4) is 0 Å². The Morgan fingerprint density at radius 3 is 2.54 bits per heavy atom. The molecule has 126 valence electrons. The van der Waals surface area contributed by atoms with E-state index in [1.807, 2.05) is 30.3 Å². The van der Waals surface area contributed by atoms with Gasteiger partial charge in [-0.1, -0.05) is 29.8 Å². The number of ether oxygens (including phenoxy) is 2. The number of carbonyl (C=O) groups excluding carboxylic acids is 2. The van der Waals surface area contributed by atoms with Crippen LogP contribution < -0.4 is 15.8 Å². The topological polar surface area (TPSA) is 90.7 Å². The van der Waals surface area contributed by atoms with Crippen LogP contribution in [0.5, 0.6) is 5.75 Å². The Labute approximate surface area is 144 Å². The number of hydrogen-bond acceptors (Lipinski definition) is 4. The molecule has 0 atom stereocenters. The number of amides is 2. The summed E-state index contributed by atoms with van der Waals surface area (Å²) in [5.41, 5.74) is 5.76. The molecule has 3 N–H and O–H groups in total. The smallest absolute Gasteiger partial charge is 0.250 e. The van der Waals surface area contributed by atoms with Crippen molar-refractivity contribution >= 4 is 29.1 Å². The monoisotopic (exact) mass is 348 g/mol. The van der Waals surface area contributed by atoms with E-state index < -0.39 is 11.8 Å². The van der Waals surface area contributed by atoms with E-state index in [1.165, 1.54) is 18.2 Å². The standard InChI is InChI=1S/C17H17ClN2O4/c18-14-7-6-12(17(19)22)10-15(14)20-16(21)11-23-8-9-24-13-4-2-1-3-5-13/h1-7,10H,8-9,11H2,(H2,19,22)(H,20,21). The summed E-state index contributed by atoms with van der Waals surface area (Å²) in [6.07, 6.45) is 0. The minimum absolute atomic E-state index is 0.157. The predicted molar refractivity (Wildman–Crippen MR) is 91.4 cm³/mol. The van der Waals surface area contributed by atoms with Gasteiger partial charge in [-0.25, -0.2) is 0 Å². The normalized spacial score (nSPS) is 10.2. The van der Waals surface area contributed by atoms with Crippen LogP contribution in [0.4, 0.5) is 5.69 Å². The second-order valence-corrected chi connectivity index (χ2v) is 5.23. The summed E-state index contributed by atoms with van der Waals surface area (Å²) in [7, 11) is 0. The van der Waals surface area contributed by atoms with Gasteiger partial charge in [0, 0.05) is 5.56 Å². The van der Waals surface area contributed by atoms with Crippen LogP contribution in [-0.4, -0.2) is 31.6 Å². The van der Waals surface area contributed by atoms with E-state index in [4.69, 9.17) is 26.8 Å². The Bertz CT molecular complexity index is 707. The van der Waals surface area contributed by atoms with E-state index in [0.29, 0.717) is 17.3 Å². The summed E-state index contributed by atoms with van der Waals surface area (Å²) in [5.74, 6) is -0.254. The highest BCUT2D eigenvalue weighted by molar-refractivity contribution is 6.33. The van der Waals surface area contributed by atoms with E-state index in [2.05, 4.69) is 5.32 Å². The molecule has 7 heteroatoms. The van der Waals surface area contributed by atoms with Gasteiger partial charge in [0.2, 0.25) is 11.8 Å². The molecule has 0 aliphatic heterocycles. The number of halogens is 1. The summed E-state index contributed by atoms with van der Waals surface area (Å²) < 4.78 is 10.7. The summed E-state index contributed by atoms with van der Waals surface area (Å²) >= 11 is 5.97. The molecule has 0 fully saturated rings. The van der Waals surface area contributed by atoms with Crippen LogP contribution in [0.1, 0.15) is 10.4 Å². The lowest BCUT2D eigenvalue weighted by Crippen LogP contribution is -2.21. The molecule has 2 rings (SSSR count). The summed E-state index contributed by atoms with van der Waals surface area (Å²) in [4.78, 5) is 23.0. The fraction of sp³-hybridized carbons (Fsp3) is 0.176. The first kappa shape index (κ1) is 17.8. The second kappa shape index (κ2) is 8.90. The average molecular weight is 349 g/mol. The van der Waals surface area contributed by atoms with Crippen molar-refractivity contribution in [3.8, 4) is 5.75 Å². The minimum atomic E-state index is -0.600. The number of anilines is 1. The zero-order chi connectivity index (χ0) is 17.4. The Morgan fingerprint density at radius 2 is 1.83 bits per heavy atom. The third-order valence-corrected chi connectivity index (χ3v) is 3.33. The van der Waals surface area contributed by atoms with Gasteiger partial charge < -0.3 is 20.5 Å². The number of nitrogens with one attached hydrogen (secondary N) is 1. The molecular formula is C17H17ClN2O4. The molecule has 0 bridgehead atoms. The molecule has 0 heterocycles. The van der Waals surface area contributed by atoms with Crippen molar-refractivity contribution in [1.29, 1.82) is 0 Å². The maximum atomic E-state index is 11.8. The molecule has 0 saturated heterocycles. The molecule has 6 nitrogen and oxygen atoms in total. The number of para-hydroxylation sites is 1. The van der Waals surface area contributed by atoms with Crippen molar-refractivity contribution in [3.63, 3.8) is 0 Å². The summed E-state index contributed by atoms with van der Waals surface area (Å²) in [6.45, 7) is 0.432. The largest absolute Gasteiger partial charge is 0.491 e. The lowest BCUT2D eigenvalue weighted by atomic mass is 10.2. The Hall–Kier alpha value is -2.57. The van der Waals surface area contributed by atoms with Crippen molar-refractivity contribution in [2.45, 2.75) is 0 Å². The van der Waals surface area contributed by atoms with E-state index in [-0.39, 0.29) is 18.8 Å². The van der Waals surface area contributed by atoms with Gasteiger partial charge >= 0.3 is 0 Å². The van der Waals surface area contributed by atoms with Crippen molar-refractivity contribution in [1.82, 2.24) is 0 Å². The fourth-order valence-electron chi connectivity index (χ4n) is 1.86. The van der Waals surface area contributed by atoms with Crippen LogP contribution in [-0.2, 0) is 9.53 Å². The van der Waals surface area contributed by atoms with Gasteiger partial charge in [-0.3, -0.25) is 9.59 Å². The summed E-state index contributed by atoms with van der Waals surface area (Å²) in [6, 6.07) is 13.7. The van der Waals surface area contributed by atoms with Crippen molar-refractivity contribution in [3.05, 3.63) is 59.1 Å². The molecule has 24 heavy (non-hydrogen) atoms. The molecule has 0 aliphatic rings. The van der Waals surface area contributed by atoms with Gasteiger partial charge in [0.25, 0.3) is 0 Å². The number of hydrogen-bond donors (Lipinski definition) is 2. The van der Waals surface area contributed by atoms with Crippen LogP contribution in [0, 0.1) is 0 Å². The molecule has 0 spiro atoms. The van der Waals surface area contributed by atoms with E-state index in [1.54, 1.807) is 0 Å². The number of rotatable bonds is 8. The van der Waals surface area contributed by atoms with E-state index >= 15 is 0 Å². The lowest BCUT2D eigenvalue weighted by Gasteiger charge is -2.09. The Balaban J connectivity index is 1.73. The molecule has 0 unspecified atom stereocenters. The number of nitrogens with two attached hydrogens (primary N) is 1. The third kappa shape index (κ3) is 5.57. The quantitative estimate of drug-likeness (QED) is 0.717. The molecule has 2 aromatic carbocycles. The molecule has 0 saturated carbocycles. The van der Waals surface area contributed by atoms with Crippen LogP contribution in [0.2, 0.25) is 5.02 Å². The molecular weight excluding hydrogens is 332 g/mol. The van der Waals surface area contributed by atoms with E-state index in [9.17, 15) is 9.59 Å². The van der Waals surface area contributed by atoms with Gasteiger partial charge in [-0.05, 0) is 30.3 Å². The Kier molecular flexibility index (Phi) is 6.60. The summed E-state index contributed by atoms with van der Waals surface area (Å²) in [5, 5.41) is 2.88. The van der Waals surface area contributed by atoms with Gasteiger partial charge in [-0.15, -0.1) is 0 Å². The maximum absolute atomic E-state index is 11.8. The average Bonchev–Trinajstić information content (AvgIpc) is 2.57. The number of primary amides is 1. The van der Waals surface area contributed by atoms with Gasteiger partial charge in [-0.2, -0.15) is 0 Å². The van der Waals surface area contributed by atoms with Crippen molar-refractivity contribution < 1.29 is 19.1 Å². The minimum Gasteiger partial charge on any atom is -0.491 e. The number of carbonyl (C=O) groups is 2. The Morgan fingerprint density at radius 1 is 1.08 bits per heavy atom. The lowest BCUT2D eigenvalue weighted by molar-refractivity contribution is -0.120. The van der Waals surface area contributed by atoms with E-state index in [0.717, 1.165) is 5.75 Å². The molecule has 0 aromatic heterocycles. The molecule has 2 amide bonds. The van der Waals surface area contributed by atoms with Crippen LogP contribution >= 0.6 is 11.6 Å². The first-order valence-electron chi connectivity index (χ1n) is 7.21. The molecule has 0 aliphatic carbocycles. The fourth-order valence-corrected chi connectivity index (χ4v) is 2.03. The molecule has 2 aromatic rings. The highest BCUT2D eigenvalue weighted by atomic mass is 35.5. The van der Waals surface area contributed by atoms with Gasteiger partial charge in [0.15, 0.2) is 0 Å². The second-order valence-electron chi connectivity index (χ2n) is 4.82.